The van der Waals surface area contributed by atoms with Crippen LogP contribution in [-0.2, 0) is 11.3 Å². The van der Waals surface area contributed by atoms with E-state index in [1.54, 1.807) is 18.2 Å². The van der Waals surface area contributed by atoms with Crippen molar-refractivity contribution in [2.24, 2.45) is 0 Å². The first-order valence-corrected chi connectivity index (χ1v) is 6.64. The van der Waals surface area contributed by atoms with Crippen LogP contribution in [0.25, 0.3) is 0 Å². The molecular weight excluding hydrogens is 266 g/mol. The van der Waals surface area contributed by atoms with Crippen LogP contribution in [0.5, 0.6) is 0 Å². The van der Waals surface area contributed by atoms with E-state index in [1.807, 2.05) is 44.1 Å². The van der Waals surface area contributed by atoms with E-state index in [4.69, 9.17) is 10.5 Å². The summed E-state index contributed by atoms with van der Waals surface area (Å²) in [6, 6.07) is 10.8. The quantitative estimate of drug-likeness (QED) is 0.690. The van der Waals surface area contributed by atoms with Gasteiger partial charge in [-0.25, -0.2) is 4.79 Å². The number of esters is 1. The molecule has 5 nitrogen and oxygen atoms in total. The van der Waals surface area contributed by atoms with Gasteiger partial charge in [0.25, 0.3) is 0 Å². The molecule has 0 radical (unpaired) electrons. The van der Waals surface area contributed by atoms with E-state index in [-0.39, 0.29) is 6.61 Å². The Balaban J connectivity index is 2.15. The summed E-state index contributed by atoms with van der Waals surface area (Å²) < 4.78 is 5.33. The standard InChI is InChI=1S/C16H19N3O2/c1-11-5-4-6-13(18-11)10-21-16(20)14-9-12(17)7-8-15(14)19(2)3/h4-9H,10,17H2,1-3H3. The third kappa shape index (κ3) is 3.72. The number of aryl methyl sites for hydroxylation is 1. The minimum absolute atomic E-state index is 0.141. The van der Waals surface area contributed by atoms with Gasteiger partial charge >= 0.3 is 5.97 Å². The Hall–Kier alpha value is -2.56. The van der Waals surface area contributed by atoms with Crippen LogP contribution < -0.4 is 10.6 Å². The molecule has 0 amide bonds. The number of benzene rings is 1. The van der Waals surface area contributed by atoms with Crippen molar-refractivity contribution in [2.75, 3.05) is 24.7 Å². The fourth-order valence-corrected chi connectivity index (χ4v) is 2.00. The highest BCUT2D eigenvalue weighted by atomic mass is 16.5. The number of pyridine rings is 1. The molecule has 0 atom stereocenters. The zero-order valence-corrected chi connectivity index (χ0v) is 12.5. The van der Waals surface area contributed by atoms with Crippen LogP contribution >= 0.6 is 0 Å². The van der Waals surface area contributed by atoms with Gasteiger partial charge in [-0.3, -0.25) is 4.98 Å². The molecule has 0 bridgehead atoms. The molecule has 0 fully saturated rings. The summed E-state index contributed by atoms with van der Waals surface area (Å²) in [5, 5.41) is 0. The van der Waals surface area contributed by atoms with Gasteiger partial charge in [-0.15, -0.1) is 0 Å². The van der Waals surface area contributed by atoms with Gasteiger partial charge in [0.1, 0.15) is 6.61 Å². The molecule has 0 aliphatic rings. The van der Waals surface area contributed by atoms with E-state index in [0.29, 0.717) is 11.3 Å². The Labute approximate surface area is 124 Å². The molecule has 1 aromatic carbocycles. The van der Waals surface area contributed by atoms with Gasteiger partial charge in [-0.2, -0.15) is 0 Å². The molecule has 0 saturated heterocycles. The van der Waals surface area contributed by atoms with Crippen molar-refractivity contribution in [3.63, 3.8) is 0 Å². The van der Waals surface area contributed by atoms with Gasteiger partial charge < -0.3 is 15.4 Å². The van der Waals surface area contributed by atoms with Crippen molar-refractivity contribution in [1.82, 2.24) is 4.98 Å². The van der Waals surface area contributed by atoms with Gasteiger partial charge in [0.05, 0.1) is 16.9 Å². The molecule has 0 aliphatic heterocycles. The lowest BCUT2D eigenvalue weighted by molar-refractivity contribution is 0.0468. The number of hydrogen-bond donors (Lipinski definition) is 1. The van der Waals surface area contributed by atoms with Crippen LogP contribution in [0, 0.1) is 6.92 Å². The van der Waals surface area contributed by atoms with Crippen LogP contribution in [0.15, 0.2) is 36.4 Å². The number of aromatic nitrogens is 1. The van der Waals surface area contributed by atoms with E-state index in [0.717, 1.165) is 17.1 Å². The summed E-state index contributed by atoms with van der Waals surface area (Å²) in [7, 11) is 3.73. The second-order valence-corrected chi connectivity index (χ2v) is 5.02. The highest BCUT2D eigenvalue weighted by Crippen LogP contribution is 2.22. The number of nitrogens with two attached hydrogens (primary N) is 1. The molecule has 0 unspecified atom stereocenters. The number of carbonyl (C=O) groups is 1. The lowest BCUT2D eigenvalue weighted by atomic mass is 10.1. The van der Waals surface area contributed by atoms with Crippen LogP contribution in [0.2, 0.25) is 0 Å². The fraction of sp³-hybridized carbons (Fsp3) is 0.250. The summed E-state index contributed by atoms with van der Waals surface area (Å²) in [6.45, 7) is 2.04. The average Bonchev–Trinajstić information content (AvgIpc) is 2.44. The molecule has 1 aromatic heterocycles. The Kier molecular flexibility index (Phi) is 4.42. The maximum atomic E-state index is 12.2. The van der Waals surface area contributed by atoms with E-state index in [2.05, 4.69) is 4.98 Å². The zero-order chi connectivity index (χ0) is 15.4. The lowest BCUT2D eigenvalue weighted by Gasteiger charge is -2.17. The molecule has 2 N–H and O–H groups in total. The highest BCUT2D eigenvalue weighted by Gasteiger charge is 2.15. The van der Waals surface area contributed by atoms with E-state index in [1.165, 1.54) is 0 Å². The second kappa shape index (κ2) is 6.26. The SMILES string of the molecule is Cc1cccc(COC(=O)c2cc(N)ccc2N(C)C)n1. The molecule has 0 saturated carbocycles. The Bertz CT molecular complexity index is 654. The highest BCUT2D eigenvalue weighted by molar-refractivity contribution is 5.96. The fourth-order valence-electron chi connectivity index (χ4n) is 2.00. The number of nitrogens with zero attached hydrogens (tertiary/aromatic N) is 2. The van der Waals surface area contributed by atoms with Gasteiger partial charge in [0, 0.05) is 25.5 Å². The van der Waals surface area contributed by atoms with E-state index in [9.17, 15) is 4.79 Å². The topological polar surface area (TPSA) is 68.5 Å². The second-order valence-electron chi connectivity index (χ2n) is 5.02. The molecule has 110 valence electrons. The van der Waals surface area contributed by atoms with Crippen molar-refractivity contribution >= 4 is 17.3 Å². The van der Waals surface area contributed by atoms with Gasteiger partial charge in [-0.05, 0) is 37.3 Å². The van der Waals surface area contributed by atoms with Crippen LogP contribution in [-0.4, -0.2) is 25.0 Å². The number of carbonyl (C=O) groups excluding carboxylic acids is 1. The van der Waals surface area contributed by atoms with Gasteiger partial charge in [-0.1, -0.05) is 6.07 Å². The maximum absolute atomic E-state index is 12.2. The summed E-state index contributed by atoms with van der Waals surface area (Å²) in [5.41, 5.74) is 9.12. The number of rotatable bonds is 4. The molecule has 5 heteroatoms. The van der Waals surface area contributed by atoms with Crippen molar-refractivity contribution < 1.29 is 9.53 Å². The van der Waals surface area contributed by atoms with Crippen LogP contribution in [0.1, 0.15) is 21.7 Å². The number of nitrogen functional groups attached to an aromatic ring is 1. The molecule has 21 heavy (non-hydrogen) atoms. The first-order valence-electron chi connectivity index (χ1n) is 6.64. The van der Waals surface area contributed by atoms with E-state index < -0.39 is 5.97 Å². The van der Waals surface area contributed by atoms with Crippen LogP contribution in [0.3, 0.4) is 0 Å². The number of anilines is 2. The largest absolute Gasteiger partial charge is 0.456 e. The molecule has 0 aliphatic carbocycles. The third-order valence-electron chi connectivity index (χ3n) is 3.02. The minimum atomic E-state index is -0.408. The molecular formula is C16H19N3O2. The normalized spacial score (nSPS) is 10.2. The monoisotopic (exact) mass is 285 g/mol. The summed E-state index contributed by atoms with van der Waals surface area (Å²) in [4.78, 5) is 18.4. The predicted octanol–water partition coefficient (Wildman–Crippen LogP) is 2.40. The number of hydrogen-bond acceptors (Lipinski definition) is 5. The Morgan fingerprint density at radius 3 is 2.71 bits per heavy atom. The maximum Gasteiger partial charge on any atom is 0.340 e. The summed E-state index contributed by atoms with van der Waals surface area (Å²) in [6.07, 6.45) is 0. The summed E-state index contributed by atoms with van der Waals surface area (Å²) >= 11 is 0. The predicted molar refractivity (Wildman–Crippen MR) is 83.3 cm³/mol. The smallest absolute Gasteiger partial charge is 0.340 e. The van der Waals surface area contributed by atoms with Crippen LogP contribution in [0.4, 0.5) is 11.4 Å². The minimum Gasteiger partial charge on any atom is -0.456 e. The van der Waals surface area contributed by atoms with Crippen molar-refractivity contribution in [1.29, 1.82) is 0 Å². The lowest BCUT2D eigenvalue weighted by Crippen LogP contribution is -2.16. The average molecular weight is 285 g/mol. The third-order valence-corrected chi connectivity index (χ3v) is 3.02. The Morgan fingerprint density at radius 1 is 1.29 bits per heavy atom. The molecule has 0 spiro atoms. The van der Waals surface area contributed by atoms with Gasteiger partial charge in [0.15, 0.2) is 0 Å². The van der Waals surface area contributed by atoms with Crippen molar-refractivity contribution in [2.45, 2.75) is 13.5 Å². The molecule has 2 rings (SSSR count). The van der Waals surface area contributed by atoms with Gasteiger partial charge in [0.2, 0.25) is 0 Å². The van der Waals surface area contributed by atoms with Crippen molar-refractivity contribution in [3.05, 3.63) is 53.3 Å². The first kappa shape index (κ1) is 14.8. The molecule has 2 aromatic rings. The molecule has 1 heterocycles. The van der Waals surface area contributed by atoms with Crippen molar-refractivity contribution in [3.8, 4) is 0 Å². The Morgan fingerprint density at radius 2 is 2.05 bits per heavy atom. The number of ether oxygens (including phenoxy) is 1. The summed E-state index contributed by atoms with van der Waals surface area (Å²) in [5.74, 6) is -0.408. The zero-order valence-electron chi connectivity index (χ0n) is 12.5. The first-order chi connectivity index (χ1) is 9.97. The van der Waals surface area contributed by atoms with E-state index >= 15 is 0 Å².